The molecule has 14 heavy (non-hydrogen) atoms. The van der Waals surface area contributed by atoms with Crippen molar-refractivity contribution in [2.24, 2.45) is 5.84 Å². The molecule has 0 radical (unpaired) electrons. The Hall–Kier alpha value is -0.380. The number of rotatable bonds is 1. The summed E-state index contributed by atoms with van der Waals surface area (Å²) in [6.07, 6.45) is 2.46. The summed E-state index contributed by atoms with van der Waals surface area (Å²) in [7, 11) is 0. The van der Waals surface area contributed by atoms with Gasteiger partial charge in [0.05, 0.1) is 0 Å². The summed E-state index contributed by atoms with van der Waals surface area (Å²) in [5.41, 5.74) is 1.40. The van der Waals surface area contributed by atoms with Gasteiger partial charge in [-0.25, -0.2) is 5.01 Å². The lowest BCUT2D eigenvalue weighted by Gasteiger charge is -2.29. The number of hydrogen-bond donors (Lipinski definition) is 1. The van der Waals surface area contributed by atoms with Gasteiger partial charge in [0.15, 0.2) is 0 Å². The van der Waals surface area contributed by atoms with Gasteiger partial charge in [-0.1, -0.05) is 28.1 Å². The zero-order valence-electron chi connectivity index (χ0n) is 8.12. The van der Waals surface area contributed by atoms with E-state index in [2.05, 4.69) is 40.2 Å². The molecule has 1 aromatic carbocycles. The molecule has 1 saturated heterocycles. The van der Waals surface area contributed by atoms with Crippen LogP contribution in [0.3, 0.4) is 0 Å². The Balaban J connectivity index is 2.14. The van der Waals surface area contributed by atoms with Crippen LogP contribution in [0.4, 0.5) is 0 Å². The summed E-state index contributed by atoms with van der Waals surface area (Å²) in [5.74, 6) is 6.43. The zero-order valence-corrected chi connectivity index (χ0v) is 9.70. The monoisotopic (exact) mass is 254 g/mol. The number of nitrogens with zero attached hydrogens (tertiary/aromatic N) is 1. The predicted octanol–water partition coefficient (Wildman–Crippen LogP) is 2.50. The fourth-order valence-electron chi connectivity index (χ4n) is 2.04. The smallest absolute Gasteiger partial charge is 0.0197 e. The number of hydrogen-bond acceptors (Lipinski definition) is 2. The van der Waals surface area contributed by atoms with Crippen LogP contribution < -0.4 is 5.84 Å². The lowest BCUT2D eigenvalue weighted by molar-refractivity contribution is 0.213. The first kappa shape index (κ1) is 10.1. The molecule has 1 aliphatic heterocycles. The molecule has 1 heterocycles. The molecule has 0 spiro atoms. The van der Waals surface area contributed by atoms with Crippen molar-refractivity contribution in [3.63, 3.8) is 0 Å². The summed E-state index contributed by atoms with van der Waals surface area (Å²) in [6, 6.07) is 8.54. The Labute approximate surface area is 93.2 Å². The molecule has 1 atom stereocenters. The van der Waals surface area contributed by atoms with Gasteiger partial charge in [-0.15, -0.1) is 0 Å². The molecule has 2 rings (SSSR count). The summed E-state index contributed by atoms with van der Waals surface area (Å²) in [4.78, 5) is 0. The van der Waals surface area contributed by atoms with Crippen LogP contribution in [-0.2, 0) is 0 Å². The van der Waals surface area contributed by atoms with Crippen LogP contribution >= 0.6 is 15.9 Å². The SMILES string of the molecule is NN1CCCC(c2cccc(Br)c2)C1. The van der Waals surface area contributed by atoms with Crippen LogP contribution in [0, 0.1) is 0 Å². The number of benzene rings is 1. The number of piperidine rings is 1. The molecule has 76 valence electrons. The quantitative estimate of drug-likeness (QED) is 0.781. The van der Waals surface area contributed by atoms with Crippen LogP contribution in [0.1, 0.15) is 24.3 Å². The number of hydrazine groups is 1. The standard InChI is InChI=1S/C11H15BrN2/c12-11-5-1-3-9(7-11)10-4-2-6-14(13)8-10/h1,3,5,7,10H,2,4,6,8,13H2. The summed E-state index contributed by atoms with van der Waals surface area (Å²) in [5, 5.41) is 1.93. The van der Waals surface area contributed by atoms with Crippen molar-refractivity contribution in [2.45, 2.75) is 18.8 Å². The largest absolute Gasteiger partial charge is 0.269 e. The molecule has 1 unspecified atom stereocenters. The van der Waals surface area contributed by atoms with E-state index >= 15 is 0 Å². The third-order valence-electron chi connectivity index (χ3n) is 2.77. The third-order valence-corrected chi connectivity index (χ3v) is 3.27. The van der Waals surface area contributed by atoms with Crippen molar-refractivity contribution < 1.29 is 0 Å². The average molecular weight is 255 g/mol. The topological polar surface area (TPSA) is 29.3 Å². The van der Waals surface area contributed by atoms with Crippen LogP contribution in [0.5, 0.6) is 0 Å². The van der Waals surface area contributed by atoms with E-state index < -0.39 is 0 Å². The highest BCUT2D eigenvalue weighted by atomic mass is 79.9. The van der Waals surface area contributed by atoms with Gasteiger partial charge < -0.3 is 0 Å². The van der Waals surface area contributed by atoms with E-state index in [1.807, 2.05) is 5.01 Å². The molecular formula is C11H15BrN2. The van der Waals surface area contributed by atoms with Crippen molar-refractivity contribution in [1.29, 1.82) is 0 Å². The maximum absolute atomic E-state index is 5.82. The number of halogens is 1. The van der Waals surface area contributed by atoms with E-state index in [0.717, 1.165) is 17.6 Å². The van der Waals surface area contributed by atoms with Crippen LogP contribution in [0.15, 0.2) is 28.7 Å². The molecule has 0 bridgehead atoms. The lowest BCUT2D eigenvalue weighted by atomic mass is 9.91. The third kappa shape index (κ3) is 2.35. The maximum atomic E-state index is 5.82. The van der Waals surface area contributed by atoms with E-state index in [4.69, 9.17) is 5.84 Å². The van der Waals surface area contributed by atoms with Crippen LogP contribution in [0.2, 0.25) is 0 Å². The normalized spacial score (nSPS) is 23.7. The highest BCUT2D eigenvalue weighted by molar-refractivity contribution is 9.10. The minimum atomic E-state index is 0.603. The molecule has 0 amide bonds. The van der Waals surface area contributed by atoms with E-state index in [1.54, 1.807) is 0 Å². The second kappa shape index (κ2) is 4.43. The van der Waals surface area contributed by atoms with Crippen molar-refractivity contribution >= 4 is 15.9 Å². The van der Waals surface area contributed by atoms with E-state index in [0.29, 0.717) is 5.92 Å². The van der Waals surface area contributed by atoms with Crippen LogP contribution in [-0.4, -0.2) is 18.1 Å². The van der Waals surface area contributed by atoms with E-state index in [1.165, 1.54) is 18.4 Å². The number of nitrogens with two attached hydrogens (primary N) is 1. The highest BCUT2D eigenvalue weighted by Crippen LogP contribution is 2.27. The average Bonchev–Trinajstić information content (AvgIpc) is 2.18. The summed E-state index contributed by atoms with van der Waals surface area (Å²) < 4.78 is 1.16. The molecule has 0 aromatic heterocycles. The second-order valence-corrected chi connectivity index (χ2v) is 4.80. The fourth-order valence-corrected chi connectivity index (χ4v) is 2.46. The van der Waals surface area contributed by atoms with Crippen molar-refractivity contribution in [1.82, 2.24) is 5.01 Å². The van der Waals surface area contributed by atoms with Crippen LogP contribution in [0.25, 0.3) is 0 Å². The minimum Gasteiger partial charge on any atom is -0.269 e. The Bertz CT molecular complexity index is 314. The van der Waals surface area contributed by atoms with Gasteiger partial charge in [0.2, 0.25) is 0 Å². The van der Waals surface area contributed by atoms with Crippen molar-refractivity contribution in [3.05, 3.63) is 34.3 Å². The van der Waals surface area contributed by atoms with E-state index in [-0.39, 0.29) is 0 Å². The molecule has 3 heteroatoms. The second-order valence-electron chi connectivity index (χ2n) is 3.89. The molecule has 1 aliphatic rings. The van der Waals surface area contributed by atoms with Gasteiger partial charge in [0.25, 0.3) is 0 Å². The fraction of sp³-hybridized carbons (Fsp3) is 0.455. The van der Waals surface area contributed by atoms with E-state index in [9.17, 15) is 0 Å². The lowest BCUT2D eigenvalue weighted by Crippen LogP contribution is -2.39. The minimum absolute atomic E-state index is 0.603. The Morgan fingerprint density at radius 2 is 2.29 bits per heavy atom. The Kier molecular flexibility index (Phi) is 3.21. The Morgan fingerprint density at radius 1 is 1.43 bits per heavy atom. The van der Waals surface area contributed by atoms with Crippen molar-refractivity contribution in [2.75, 3.05) is 13.1 Å². The first-order valence-corrected chi connectivity index (χ1v) is 5.80. The summed E-state index contributed by atoms with van der Waals surface area (Å²) >= 11 is 3.50. The van der Waals surface area contributed by atoms with Gasteiger partial charge in [-0.3, -0.25) is 5.84 Å². The first-order chi connectivity index (χ1) is 6.75. The van der Waals surface area contributed by atoms with Gasteiger partial charge in [-0.05, 0) is 36.5 Å². The highest BCUT2D eigenvalue weighted by Gasteiger charge is 2.18. The molecule has 0 aliphatic carbocycles. The molecule has 0 saturated carbocycles. The summed E-state index contributed by atoms with van der Waals surface area (Å²) in [6.45, 7) is 2.01. The molecular weight excluding hydrogens is 240 g/mol. The van der Waals surface area contributed by atoms with Gasteiger partial charge in [0, 0.05) is 17.6 Å². The molecule has 1 fully saturated rings. The maximum Gasteiger partial charge on any atom is 0.0197 e. The van der Waals surface area contributed by atoms with Crippen molar-refractivity contribution in [3.8, 4) is 0 Å². The van der Waals surface area contributed by atoms with Gasteiger partial charge in [0.1, 0.15) is 0 Å². The predicted molar refractivity (Wildman–Crippen MR) is 61.9 cm³/mol. The molecule has 2 N–H and O–H groups in total. The van der Waals surface area contributed by atoms with Gasteiger partial charge >= 0.3 is 0 Å². The molecule has 1 aromatic rings. The van der Waals surface area contributed by atoms with Gasteiger partial charge in [-0.2, -0.15) is 0 Å². The zero-order chi connectivity index (χ0) is 9.97. The molecule has 2 nitrogen and oxygen atoms in total. The Morgan fingerprint density at radius 3 is 3.00 bits per heavy atom. The first-order valence-electron chi connectivity index (χ1n) is 5.01.